The summed E-state index contributed by atoms with van der Waals surface area (Å²) >= 11 is 2.86. The Bertz CT molecular complexity index is 930. The molecule has 0 bridgehead atoms. The Morgan fingerprint density at radius 1 is 1.15 bits per heavy atom. The van der Waals surface area contributed by atoms with Crippen LogP contribution in [0.4, 0.5) is 5.13 Å². The van der Waals surface area contributed by atoms with Gasteiger partial charge in [0.1, 0.15) is 0 Å². The van der Waals surface area contributed by atoms with Crippen LogP contribution >= 0.6 is 22.7 Å². The third-order valence-electron chi connectivity index (χ3n) is 3.89. The number of carbonyl (C=O) groups excluding carboxylic acids is 2. The van der Waals surface area contributed by atoms with E-state index in [4.69, 9.17) is 0 Å². The highest BCUT2D eigenvalue weighted by Gasteiger charge is 2.13. The fourth-order valence-corrected chi connectivity index (χ4v) is 4.29. The first kappa shape index (κ1) is 18.5. The smallest absolute Gasteiger partial charge is 0.267 e. The number of aromatic nitrogens is 1. The first-order valence-electron chi connectivity index (χ1n) is 8.59. The summed E-state index contributed by atoms with van der Waals surface area (Å²) in [4.78, 5) is 29.4. The number of thiazole rings is 1. The number of thiophene rings is 1. The van der Waals surface area contributed by atoms with Crippen LogP contribution in [0.5, 0.6) is 0 Å². The predicted octanol–water partition coefficient (Wildman–Crippen LogP) is 4.59. The lowest BCUT2D eigenvalue weighted by Crippen LogP contribution is -2.18. The van der Waals surface area contributed by atoms with Crippen molar-refractivity contribution in [3.63, 3.8) is 0 Å². The molecule has 3 aromatic rings. The lowest BCUT2D eigenvalue weighted by Gasteiger charge is -1.99. The third kappa shape index (κ3) is 4.68. The van der Waals surface area contributed by atoms with E-state index in [9.17, 15) is 9.59 Å². The zero-order valence-corrected chi connectivity index (χ0v) is 16.4. The molecule has 1 aromatic carbocycles. The molecule has 0 radical (unpaired) electrons. The molecule has 0 aliphatic carbocycles. The van der Waals surface area contributed by atoms with Crippen LogP contribution in [0, 0.1) is 0 Å². The van der Waals surface area contributed by atoms with Crippen LogP contribution < -0.4 is 10.6 Å². The van der Waals surface area contributed by atoms with Gasteiger partial charge >= 0.3 is 0 Å². The van der Waals surface area contributed by atoms with E-state index >= 15 is 0 Å². The zero-order chi connectivity index (χ0) is 18.5. The number of amides is 2. The van der Waals surface area contributed by atoms with E-state index in [2.05, 4.69) is 34.7 Å². The molecule has 0 spiro atoms. The van der Waals surface area contributed by atoms with Crippen molar-refractivity contribution >= 4 is 49.8 Å². The van der Waals surface area contributed by atoms with Crippen LogP contribution in [-0.4, -0.2) is 16.8 Å². The molecular weight excluding hydrogens is 366 g/mol. The van der Waals surface area contributed by atoms with Gasteiger partial charge < -0.3 is 5.32 Å². The molecule has 2 N–H and O–H groups in total. The highest BCUT2D eigenvalue weighted by atomic mass is 32.1. The number of hydrogen-bond donors (Lipinski definition) is 2. The summed E-state index contributed by atoms with van der Waals surface area (Å²) in [5, 5.41) is 6.22. The van der Waals surface area contributed by atoms with E-state index in [1.807, 2.05) is 12.1 Å². The molecule has 0 fully saturated rings. The molecule has 0 aliphatic heterocycles. The molecule has 0 unspecified atom stereocenters. The SMILES string of the molecule is CCCCc1ccc2nc(NC(=O)c3ccc(CNC(C)=O)s3)sc2c1. The molecule has 2 heterocycles. The third-order valence-corrected chi connectivity index (χ3v) is 5.91. The Hall–Kier alpha value is -2.25. The molecule has 0 saturated heterocycles. The summed E-state index contributed by atoms with van der Waals surface area (Å²) < 4.78 is 1.09. The van der Waals surface area contributed by atoms with Gasteiger partial charge in [0.05, 0.1) is 21.6 Å². The van der Waals surface area contributed by atoms with Gasteiger partial charge in [-0.2, -0.15) is 0 Å². The first-order chi connectivity index (χ1) is 12.5. The topological polar surface area (TPSA) is 71.1 Å². The molecule has 2 aromatic heterocycles. The second kappa shape index (κ2) is 8.42. The van der Waals surface area contributed by atoms with E-state index in [0.717, 1.165) is 21.5 Å². The van der Waals surface area contributed by atoms with Gasteiger partial charge in [0.2, 0.25) is 5.91 Å². The van der Waals surface area contributed by atoms with Crippen molar-refractivity contribution in [1.82, 2.24) is 10.3 Å². The van der Waals surface area contributed by atoms with Crippen molar-refractivity contribution in [2.24, 2.45) is 0 Å². The molecule has 0 atom stereocenters. The average Bonchev–Trinajstić information content (AvgIpc) is 3.24. The predicted molar refractivity (Wildman–Crippen MR) is 108 cm³/mol. The monoisotopic (exact) mass is 387 g/mol. The number of rotatable bonds is 7. The van der Waals surface area contributed by atoms with Gasteiger partial charge in [-0.1, -0.05) is 30.7 Å². The van der Waals surface area contributed by atoms with Crippen molar-refractivity contribution in [3.05, 3.63) is 45.6 Å². The number of anilines is 1. The van der Waals surface area contributed by atoms with E-state index < -0.39 is 0 Å². The molecular formula is C19H21N3O2S2. The van der Waals surface area contributed by atoms with Gasteiger partial charge in [0.15, 0.2) is 5.13 Å². The average molecular weight is 388 g/mol. The lowest BCUT2D eigenvalue weighted by molar-refractivity contribution is -0.119. The largest absolute Gasteiger partial charge is 0.351 e. The highest BCUT2D eigenvalue weighted by Crippen LogP contribution is 2.28. The molecule has 5 nitrogen and oxygen atoms in total. The number of unbranched alkanes of at least 4 members (excludes halogenated alkanes) is 1. The maximum absolute atomic E-state index is 12.4. The van der Waals surface area contributed by atoms with Crippen LogP contribution in [0.3, 0.4) is 0 Å². The molecule has 136 valence electrons. The molecule has 2 amide bonds. The summed E-state index contributed by atoms with van der Waals surface area (Å²) in [5.41, 5.74) is 2.21. The lowest BCUT2D eigenvalue weighted by atomic mass is 10.1. The van der Waals surface area contributed by atoms with Crippen molar-refractivity contribution in [3.8, 4) is 0 Å². The number of benzene rings is 1. The number of carbonyl (C=O) groups is 2. The number of fused-ring (bicyclic) bond motifs is 1. The van der Waals surface area contributed by atoms with E-state index in [1.165, 1.54) is 48.0 Å². The summed E-state index contributed by atoms with van der Waals surface area (Å²) in [5.74, 6) is -0.258. The molecule has 0 aliphatic rings. The highest BCUT2D eigenvalue weighted by molar-refractivity contribution is 7.22. The second-order valence-corrected chi connectivity index (χ2v) is 8.25. The van der Waals surface area contributed by atoms with Crippen molar-refractivity contribution < 1.29 is 9.59 Å². The second-order valence-electron chi connectivity index (χ2n) is 6.05. The van der Waals surface area contributed by atoms with E-state index in [-0.39, 0.29) is 11.8 Å². The van der Waals surface area contributed by atoms with Gasteiger partial charge in [-0.05, 0) is 42.7 Å². The normalized spacial score (nSPS) is 10.8. The van der Waals surface area contributed by atoms with Crippen molar-refractivity contribution in [1.29, 1.82) is 0 Å². The maximum atomic E-state index is 12.4. The van der Waals surface area contributed by atoms with Crippen molar-refractivity contribution in [2.45, 2.75) is 39.7 Å². The fraction of sp³-hybridized carbons (Fsp3) is 0.316. The number of hydrogen-bond acceptors (Lipinski definition) is 5. The van der Waals surface area contributed by atoms with E-state index in [1.54, 1.807) is 6.07 Å². The summed E-state index contributed by atoms with van der Waals surface area (Å²) in [6.07, 6.45) is 3.41. The number of nitrogens with one attached hydrogen (secondary N) is 2. The molecule has 0 saturated carbocycles. The van der Waals surface area contributed by atoms with Gasteiger partial charge in [0.25, 0.3) is 5.91 Å². The first-order valence-corrected chi connectivity index (χ1v) is 10.2. The number of nitrogens with zero attached hydrogens (tertiary/aromatic N) is 1. The van der Waals surface area contributed by atoms with Gasteiger partial charge in [0, 0.05) is 11.8 Å². The summed E-state index contributed by atoms with van der Waals surface area (Å²) in [6.45, 7) is 4.10. The van der Waals surface area contributed by atoms with Crippen molar-refractivity contribution in [2.75, 3.05) is 5.32 Å². The Kier molecular flexibility index (Phi) is 6.00. The minimum atomic E-state index is -0.172. The van der Waals surface area contributed by atoms with Crippen LogP contribution in [0.1, 0.15) is 46.8 Å². The molecule has 3 rings (SSSR count). The van der Waals surface area contributed by atoms with Crippen LogP contribution in [0.15, 0.2) is 30.3 Å². The van der Waals surface area contributed by atoms with Crippen LogP contribution in [0.25, 0.3) is 10.2 Å². The van der Waals surface area contributed by atoms with Crippen LogP contribution in [0.2, 0.25) is 0 Å². The minimum absolute atomic E-state index is 0.0859. The zero-order valence-electron chi connectivity index (χ0n) is 14.8. The number of aryl methyl sites for hydroxylation is 1. The Morgan fingerprint density at radius 3 is 2.77 bits per heavy atom. The van der Waals surface area contributed by atoms with Gasteiger partial charge in [-0.25, -0.2) is 4.98 Å². The standard InChI is InChI=1S/C19H21N3O2S2/c1-3-4-5-13-6-8-15-17(10-13)26-19(21-15)22-18(24)16-9-7-14(25-16)11-20-12(2)23/h6-10H,3-5,11H2,1-2H3,(H,20,23)(H,21,22,24). The van der Waals surface area contributed by atoms with Gasteiger partial charge in [-0.3, -0.25) is 14.9 Å². The Labute approximate surface area is 160 Å². The quantitative estimate of drug-likeness (QED) is 0.623. The van der Waals surface area contributed by atoms with Crippen LogP contribution in [-0.2, 0) is 17.8 Å². The Morgan fingerprint density at radius 2 is 2.00 bits per heavy atom. The minimum Gasteiger partial charge on any atom is -0.351 e. The molecule has 26 heavy (non-hydrogen) atoms. The van der Waals surface area contributed by atoms with Gasteiger partial charge in [-0.15, -0.1) is 11.3 Å². The van der Waals surface area contributed by atoms with E-state index in [0.29, 0.717) is 16.6 Å². The fourth-order valence-electron chi connectivity index (χ4n) is 2.52. The maximum Gasteiger partial charge on any atom is 0.267 e. The molecule has 7 heteroatoms. The summed E-state index contributed by atoms with van der Waals surface area (Å²) in [6, 6.07) is 9.91. The Balaban J connectivity index is 1.68. The summed E-state index contributed by atoms with van der Waals surface area (Å²) in [7, 11) is 0.